The number of H-pyrrole nitrogens is 1. The van der Waals surface area contributed by atoms with Crippen molar-refractivity contribution < 1.29 is 14.0 Å². The van der Waals surface area contributed by atoms with Gasteiger partial charge in [0.1, 0.15) is 0 Å². The molecule has 7 heteroatoms. The van der Waals surface area contributed by atoms with E-state index < -0.39 is 0 Å². The number of piperidine rings is 1. The molecule has 1 aromatic heterocycles. The maximum Gasteiger partial charge on any atom is 0.284 e. The second-order valence-corrected chi connectivity index (χ2v) is 6.20. The van der Waals surface area contributed by atoms with Gasteiger partial charge in [0.05, 0.1) is 6.04 Å². The zero-order chi connectivity index (χ0) is 17.1. The highest BCUT2D eigenvalue weighted by atomic mass is 32.1. The van der Waals surface area contributed by atoms with Gasteiger partial charge in [-0.2, -0.15) is 0 Å². The van der Waals surface area contributed by atoms with Crippen LogP contribution in [-0.2, 0) is 4.79 Å². The summed E-state index contributed by atoms with van der Waals surface area (Å²) >= 11 is 4.86. The van der Waals surface area contributed by atoms with Crippen LogP contribution in [-0.4, -0.2) is 39.4 Å². The number of rotatable bonds is 4. The number of hydrogen-bond donors (Lipinski definition) is 1. The molecule has 1 atom stereocenters. The lowest BCUT2D eigenvalue weighted by Crippen LogP contribution is -2.47. The van der Waals surface area contributed by atoms with Gasteiger partial charge in [-0.25, -0.2) is 5.10 Å². The van der Waals surface area contributed by atoms with Gasteiger partial charge in [0.15, 0.2) is 5.78 Å². The molecule has 1 aromatic carbocycles. The standard InChI is InChI=1S/C17H19N3O3S/c1-2-14(21)13-5-3-4-10-20(13)16(22)12-8-6-11(7-9-12)15-18-19-17(24)23-15/h6-9,13H,2-5,10H2,1H3,(H,19,24). The van der Waals surface area contributed by atoms with Gasteiger partial charge in [-0.3, -0.25) is 9.59 Å². The van der Waals surface area contributed by atoms with Crippen LogP contribution in [0, 0.1) is 4.84 Å². The van der Waals surface area contributed by atoms with Crippen LogP contribution in [0.5, 0.6) is 0 Å². The normalized spacial score (nSPS) is 17.7. The Labute approximate surface area is 144 Å². The van der Waals surface area contributed by atoms with E-state index in [1.165, 1.54) is 0 Å². The first kappa shape index (κ1) is 16.6. The summed E-state index contributed by atoms with van der Waals surface area (Å²) in [6.07, 6.45) is 3.13. The molecule has 1 fully saturated rings. The summed E-state index contributed by atoms with van der Waals surface area (Å²) in [4.78, 5) is 26.8. The minimum atomic E-state index is -0.292. The van der Waals surface area contributed by atoms with Gasteiger partial charge in [-0.05, 0) is 55.7 Å². The molecule has 0 radical (unpaired) electrons. The lowest BCUT2D eigenvalue weighted by Gasteiger charge is -2.34. The fraction of sp³-hybridized carbons (Fsp3) is 0.412. The number of nitrogens with zero attached hydrogens (tertiary/aromatic N) is 2. The van der Waals surface area contributed by atoms with Crippen molar-refractivity contribution in [3.63, 3.8) is 0 Å². The van der Waals surface area contributed by atoms with Crippen molar-refractivity contribution in [3.8, 4) is 11.5 Å². The van der Waals surface area contributed by atoms with Crippen LogP contribution in [0.2, 0.25) is 0 Å². The summed E-state index contributed by atoms with van der Waals surface area (Å²) in [6.45, 7) is 2.47. The van der Waals surface area contributed by atoms with Gasteiger partial charge < -0.3 is 9.32 Å². The van der Waals surface area contributed by atoms with E-state index >= 15 is 0 Å². The van der Waals surface area contributed by atoms with Crippen LogP contribution < -0.4 is 0 Å². The van der Waals surface area contributed by atoms with E-state index in [4.69, 9.17) is 16.6 Å². The number of amides is 1. The maximum absolute atomic E-state index is 12.8. The lowest BCUT2D eigenvalue weighted by molar-refractivity contribution is -0.124. The molecule has 0 bridgehead atoms. The predicted octanol–water partition coefficient (Wildman–Crippen LogP) is 3.37. The first-order valence-corrected chi connectivity index (χ1v) is 8.50. The summed E-state index contributed by atoms with van der Waals surface area (Å²) in [6, 6.07) is 6.70. The first-order chi connectivity index (χ1) is 11.6. The van der Waals surface area contributed by atoms with E-state index in [9.17, 15) is 9.59 Å². The second-order valence-electron chi connectivity index (χ2n) is 5.83. The largest absolute Gasteiger partial charge is 0.409 e. The monoisotopic (exact) mass is 345 g/mol. The summed E-state index contributed by atoms with van der Waals surface area (Å²) in [5.74, 6) is 0.417. The molecule has 2 aromatic rings. The number of aromatic amines is 1. The number of hydrogen-bond acceptors (Lipinski definition) is 5. The molecule has 0 spiro atoms. The maximum atomic E-state index is 12.8. The highest BCUT2D eigenvalue weighted by molar-refractivity contribution is 7.71. The molecule has 0 saturated carbocycles. The number of likely N-dealkylation sites (tertiary alicyclic amines) is 1. The van der Waals surface area contributed by atoms with Gasteiger partial charge in [-0.15, -0.1) is 5.10 Å². The third kappa shape index (κ3) is 3.31. The quantitative estimate of drug-likeness (QED) is 0.860. The highest BCUT2D eigenvalue weighted by Crippen LogP contribution is 2.23. The third-order valence-electron chi connectivity index (χ3n) is 4.30. The van der Waals surface area contributed by atoms with E-state index in [-0.39, 0.29) is 22.6 Å². The molecule has 1 aliphatic heterocycles. The number of carbonyl (C=O) groups excluding carboxylic acids is 2. The van der Waals surface area contributed by atoms with Crippen LogP contribution in [0.3, 0.4) is 0 Å². The highest BCUT2D eigenvalue weighted by Gasteiger charge is 2.31. The second kappa shape index (κ2) is 7.09. The van der Waals surface area contributed by atoms with E-state index in [0.717, 1.165) is 24.8 Å². The van der Waals surface area contributed by atoms with Crippen molar-refractivity contribution in [1.82, 2.24) is 15.1 Å². The van der Waals surface area contributed by atoms with E-state index in [1.807, 2.05) is 6.92 Å². The number of Topliss-reactive ketones (excluding diaryl/α,β-unsaturated/α-hetero) is 1. The SMILES string of the molecule is CCC(=O)C1CCCCN1C(=O)c1ccc(-c2n[nH]c(=S)o2)cc1. The fourth-order valence-corrected chi connectivity index (χ4v) is 3.14. The smallest absolute Gasteiger partial charge is 0.284 e. The zero-order valence-electron chi connectivity index (χ0n) is 13.4. The van der Waals surface area contributed by atoms with Crippen LogP contribution in [0.4, 0.5) is 0 Å². The first-order valence-electron chi connectivity index (χ1n) is 8.09. The van der Waals surface area contributed by atoms with Crippen LogP contribution in [0.1, 0.15) is 43.0 Å². The Bertz CT molecular complexity index is 794. The molecule has 0 aliphatic carbocycles. The molecule has 1 N–H and O–H groups in total. The summed E-state index contributed by atoms with van der Waals surface area (Å²) in [7, 11) is 0. The van der Waals surface area contributed by atoms with Gasteiger partial charge in [0.2, 0.25) is 5.89 Å². The molecule has 1 amide bonds. The number of ketones is 1. The van der Waals surface area contributed by atoms with Crippen LogP contribution >= 0.6 is 12.2 Å². The number of carbonyl (C=O) groups is 2. The van der Waals surface area contributed by atoms with Crippen molar-refractivity contribution in [3.05, 3.63) is 34.7 Å². The Morgan fingerprint density at radius 3 is 2.71 bits per heavy atom. The molecule has 6 nitrogen and oxygen atoms in total. The molecular weight excluding hydrogens is 326 g/mol. The average molecular weight is 345 g/mol. The molecule has 1 saturated heterocycles. The Kier molecular flexibility index (Phi) is 4.89. The van der Waals surface area contributed by atoms with E-state index in [2.05, 4.69) is 10.2 Å². The summed E-state index contributed by atoms with van der Waals surface area (Å²) in [5, 5.41) is 6.53. The van der Waals surface area contributed by atoms with Crippen molar-refractivity contribution in [2.45, 2.75) is 38.6 Å². The zero-order valence-corrected chi connectivity index (χ0v) is 14.3. The minimum Gasteiger partial charge on any atom is -0.409 e. The predicted molar refractivity (Wildman–Crippen MR) is 91.1 cm³/mol. The Balaban J connectivity index is 1.81. The molecule has 3 rings (SSSR count). The van der Waals surface area contributed by atoms with E-state index in [0.29, 0.717) is 24.4 Å². The average Bonchev–Trinajstić information content (AvgIpc) is 3.07. The molecular formula is C17H19N3O3S. The van der Waals surface area contributed by atoms with E-state index in [1.54, 1.807) is 29.2 Å². The molecule has 2 heterocycles. The molecule has 1 unspecified atom stereocenters. The minimum absolute atomic E-state index is 0.101. The van der Waals surface area contributed by atoms with Gasteiger partial charge in [0, 0.05) is 24.1 Å². The number of aromatic nitrogens is 2. The topological polar surface area (TPSA) is 79.2 Å². The Hall–Kier alpha value is -2.28. The third-order valence-corrected chi connectivity index (χ3v) is 4.48. The van der Waals surface area contributed by atoms with Crippen LogP contribution in [0.25, 0.3) is 11.5 Å². The van der Waals surface area contributed by atoms with Gasteiger partial charge in [0.25, 0.3) is 10.7 Å². The Morgan fingerprint density at radius 1 is 1.33 bits per heavy atom. The van der Waals surface area contributed by atoms with Crippen molar-refractivity contribution in [1.29, 1.82) is 0 Å². The number of nitrogens with one attached hydrogen (secondary N) is 1. The van der Waals surface area contributed by atoms with Crippen LogP contribution in [0.15, 0.2) is 28.7 Å². The Morgan fingerprint density at radius 2 is 2.08 bits per heavy atom. The van der Waals surface area contributed by atoms with Crippen molar-refractivity contribution in [2.75, 3.05) is 6.54 Å². The summed E-state index contributed by atoms with van der Waals surface area (Å²) < 4.78 is 5.26. The van der Waals surface area contributed by atoms with Gasteiger partial charge >= 0.3 is 0 Å². The summed E-state index contributed by atoms with van der Waals surface area (Å²) in [5.41, 5.74) is 1.29. The molecule has 126 valence electrons. The molecule has 1 aliphatic rings. The molecule has 24 heavy (non-hydrogen) atoms. The fourth-order valence-electron chi connectivity index (χ4n) is 3.02. The lowest BCUT2D eigenvalue weighted by atomic mass is 9.96. The van der Waals surface area contributed by atoms with Crippen molar-refractivity contribution in [2.24, 2.45) is 0 Å². The van der Waals surface area contributed by atoms with Gasteiger partial charge in [-0.1, -0.05) is 6.92 Å². The van der Waals surface area contributed by atoms with Crippen molar-refractivity contribution >= 4 is 23.9 Å². The number of benzene rings is 1.